The second-order valence-electron chi connectivity index (χ2n) is 2.14. The van der Waals surface area contributed by atoms with Gasteiger partial charge in [0.1, 0.15) is 0 Å². The van der Waals surface area contributed by atoms with Crippen molar-refractivity contribution in [2.45, 2.75) is 0 Å². The minimum Gasteiger partial charge on any atom is -0.291 e. The molecule has 1 aromatic carbocycles. The molecule has 0 aliphatic rings. The normalized spacial score (nSPS) is 9.09. The number of pyridine rings is 1. The van der Waals surface area contributed by atoms with Gasteiger partial charge < -0.3 is 0 Å². The van der Waals surface area contributed by atoms with E-state index in [1.807, 2.05) is 30.5 Å². The molecule has 0 amide bonds. The molecule has 0 atom stereocenters. The summed E-state index contributed by atoms with van der Waals surface area (Å²) in [5.74, 6) is 0. The van der Waals surface area contributed by atoms with Gasteiger partial charge in [0, 0.05) is 0 Å². The summed E-state index contributed by atoms with van der Waals surface area (Å²) in [5, 5.41) is 2.27. The molecule has 0 saturated heterocycles. The van der Waals surface area contributed by atoms with Crippen molar-refractivity contribution < 1.29 is 18.9 Å². The second-order valence-corrected chi connectivity index (χ2v) is 2.14. The summed E-state index contributed by atoms with van der Waals surface area (Å²) in [6.45, 7) is 0. The minimum atomic E-state index is 0. The fourth-order valence-corrected chi connectivity index (χ4v) is 0.965. The standard InChI is InChI=1S/C9H6N.Li/c1-2-4-9-7-10-6-5-8(9)3-1;/h1-4,6-7H;/q-1;+1. The van der Waals surface area contributed by atoms with Crippen LogP contribution in [0.5, 0.6) is 0 Å². The first kappa shape index (κ1) is 8.33. The first-order chi connectivity index (χ1) is 4.97. The van der Waals surface area contributed by atoms with Gasteiger partial charge in [0.15, 0.2) is 0 Å². The first-order valence-electron chi connectivity index (χ1n) is 3.17. The van der Waals surface area contributed by atoms with E-state index >= 15 is 0 Å². The van der Waals surface area contributed by atoms with Gasteiger partial charge in [0.05, 0.1) is 0 Å². The van der Waals surface area contributed by atoms with Crippen LogP contribution >= 0.6 is 0 Å². The van der Waals surface area contributed by atoms with E-state index in [0.29, 0.717) is 0 Å². The summed E-state index contributed by atoms with van der Waals surface area (Å²) >= 11 is 0. The van der Waals surface area contributed by atoms with Crippen LogP contribution in [0, 0.1) is 6.07 Å². The maximum atomic E-state index is 3.96. The van der Waals surface area contributed by atoms with Gasteiger partial charge in [-0.25, -0.2) is 0 Å². The number of hydrogen-bond donors (Lipinski definition) is 0. The number of fused-ring (bicyclic) bond motifs is 1. The minimum absolute atomic E-state index is 0. The number of nitrogens with zero attached hydrogens (tertiary/aromatic N) is 1. The molecule has 0 bridgehead atoms. The van der Waals surface area contributed by atoms with Crippen molar-refractivity contribution in [3.63, 3.8) is 0 Å². The Morgan fingerprint density at radius 3 is 2.82 bits per heavy atom. The van der Waals surface area contributed by atoms with E-state index in [2.05, 4.69) is 11.1 Å². The molecule has 0 aliphatic heterocycles. The van der Waals surface area contributed by atoms with Gasteiger partial charge in [-0.15, -0.1) is 17.5 Å². The Labute approximate surface area is 77.6 Å². The smallest absolute Gasteiger partial charge is 0.291 e. The van der Waals surface area contributed by atoms with Gasteiger partial charge in [-0.05, 0) is 12.4 Å². The maximum Gasteiger partial charge on any atom is 1.00 e. The van der Waals surface area contributed by atoms with Crippen molar-refractivity contribution in [2.75, 3.05) is 0 Å². The van der Waals surface area contributed by atoms with E-state index in [9.17, 15) is 0 Å². The Balaban J connectivity index is 0.000000605. The van der Waals surface area contributed by atoms with Crippen LogP contribution in [0.25, 0.3) is 10.8 Å². The monoisotopic (exact) mass is 135 g/mol. The molecule has 0 saturated carbocycles. The average Bonchev–Trinajstić information content (AvgIpc) is 2.05. The summed E-state index contributed by atoms with van der Waals surface area (Å²) in [7, 11) is 0. The van der Waals surface area contributed by atoms with Crippen LogP contribution in [-0.2, 0) is 0 Å². The molecule has 2 heteroatoms. The van der Waals surface area contributed by atoms with E-state index in [1.54, 1.807) is 6.20 Å². The van der Waals surface area contributed by atoms with Crippen molar-refractivity contribution in [3.8, 4) is 0 Å². The molecule has 0 unspecified atom stereocenters. The molecule has 0 N–H and O–H groups in total. The van der Waals surface area contributed by atoms with Crippen molar-refractivity contribution in [1.29, 1.82) is 0 Å². The van der Waals surface area contributed by atoms with Crippen molar-refractivity contribution in [1.82, 2.24) is 4.98 Å². The molecule has 0 aliphatic carbocycles. The molecule has 1 heterocycles. The Morgan fingerprint density at radius 1 is 1.18 bits per heavy atom. The first-order valence-corrected chi connectivity index (χ1v) is 3.17. The van der Waals surface area contributed by atoms with Crippen LogP contribution in [0.2, 0.25) is 0 Å². The Morgan fingerprint density at radius 2 is 2.00 bits per heavy atom. The molecular weight excluding hydrogens is 129 g/mol. The number of hydrogen-bond acceptors (Lipinski definition) is 1. The van der Waals surface area contributed by atoms with E-state index in [-0.39, 0.29) is 18.9 Å². The molecule has 1 nitrogen and oxygen atoms in total. The third-order valence-electron chi connectivity index (χ3n) is 1.47. The molecule has 2 aromatic rings. The molecular formula is C9H6LiN. The zero-order valence-corrected chi connectivity index (χ0v) is 6.41. The zero-order valence-electron chi connectivity index (χ0n) is 6.41. The average molecular weight is 135 g/mol. The van der Waals surface area contributed by atoms with Gasteiger partial charge in [-0.1, -0.05) is 6.07 Å². The van der Waals surface area contributed by atoms with Crippen LogP contribution in [0.3, 0.4) is 0 Å². The van der Waals surface area contributed by atoms with Crippen LogP contribution in [0.1, 0.15) is 0 Å². The Hall–Kier alpha value is -0.773. The summed E-state index contributed by atoms with van der Waals surface area (Å²) in [6.07, 6.45) is 3.52. The molecule has 0 fully saturated rings. The van der Waals surface area contributed by atoms with E-state index in [0.717, 1.165) is 10.8 Å². The summed E-state index contributed by atoms with van der Waals surface area (Å²) in [6, 6.07) is 11.1. The predicted molar refractivity (Wildman–Crippen MR) is 40.6 cm³/mol. The van der Waals surface area contributed by atoms with E-state index in [4.69, 9.17) is 0 Å². The third kappa shape index (κ3) is 1.62. The second kappa shape index (κ2) is 3.57. The molecule has 2 rings (SSSR count). The van der Waals surface area contributed by atoms with Gasteiger partial charge >= 0.3 is 18.9 Å². The maximum absolute atomic E-state index is 3.96. The van der Waals surface area contributed by atoms with Crippen LogP contribution in [0.4, 0.5) is 0 Å². The molecule has 48 valence electrons. The quantitative estimate of drug-likeness (QED) is 0.335. The third-order valence-corrected chi connectivity index (χ3v) is 1.47. The molecule has 1 aromatic heterocycles. The Kier molecular flexibility index (Phi) is 2.70. The van der Waals surface area contributed by atoms with Gasteiger partial charge in [-0.2, -0.15) is 17.5 Å². The number of benzene rings is 1. The summed E-state index contributed by atoms with van der Waals surface area (Å²) < 4.78 is 0. The summed E-state index contributed by atoms with van der Waals surface area (Å²) in [4.78, 5) is 3.96. The topological polar surface area (TPSA) is 12.9 Å². The molecule has 0 radical (unpaired) electrons. The van der Waals surface area contributed by atoms with E-state index < -0.39 is 0 Å². The number of rotatable bonds is 0. The van der Waals surface area contributed by atoms with E-state index in [1.165, 1.54) is 0 Å². The van der Waals surface area contributed by atoms with Crippen molar-refractivity contribution >= 4 is 10.8 Å². The van der Waals surface area contributed by atoms with Gasteiger partial charge in [0.2, 0.25) is 0 Å². The zero-order chi connectivity index (χ0) is 6.81. The van der Waals surface area contributed by atoms with Gasteiger partial charge in [-0.3, -0.25) is 4.98 Å². The molecule has 11 heavy (non-hydrogen) atoms. The van der Waals surface area contributed by atoms with Crippen LogP contribution in [-0.4, -0.2) is 4.98 Å². The summed E-state index contributed by atoms with van der Waals surface area (Å²) in [5.41, 5.74) is 0. The van der Waals surface area contributed by atoms with Crippen molar-refractivity contribution in [2.24, 2.45) is 0 Å². The fourth-order valence-electron chi connectivity index (χ4n) is 0.965. The number of aromatic nitrogens is 1. The SMILES string of the molecule is [Li+].[c-]1cncc2ccccc12. The largest absolute Gasteiger partial charge is 1.00 e. The predicted octanol–water partition coefficient (Wildman–Crippen LogP) is -0.961. The van der Waals surface area contributed by atoms with Gasteiger partial charge in [0.25, 0.3) is 0 Å². The Bertz CT molecular complexity index is 281. The van der Waals surface area contributed by atoms with Crippen molar-refractivity contribution in [3.05, 3.63) is 42.7 Å². The fraction of sp³-hybridized carbons (Fsp3) is 0. The van der Waals surface area contributed by atoms with Crippen LogP contribution in [0.15, 0.2) is 36.7 Å². The molecule has 0 spiro atoms. The van der Waals surface area contributed by atoms with Crippen LogP contribution < -0.4 is 18.9 Å².